The van der Waals surface area contributed by atoms with Gasteiger partial charge in [0.2, 0.25) is 0 Å². The van der Waals surface area contributed by atoms with Crippen LogP contribution in [-0.2, 0) is 35.0 Å². The van der Waals surface area contributed by atoms with Crippen LogP contribution in [-0.4, -0.2) is 75.3 Å². The number of Topliss-reactive ketones (excluding diaryl/α,β-unsaturated/α-hetero) is 1. The Hall–Kier alpha value is -2.27. The van der Waals surface area contributed by atoms with Gasteiger partial charge in [-0.25, -0.2) is 0 Å². The second-order valence-corrected chi connectivity index (χ2v) is 10.2. The molecule has 1 saturated heterocycles. The molecular weight excluding hydrogens is 448 g/mol. The molecule has 10 nitrogen and oxygen atoms in total. The minimum Gasteiger partial charge on any atom is -0.472 e. The molecule has 3 aliphatic rings. The minimum atomic E-state index is -2.13. The summed E-state index contributed by atoms with van der Waals surface area (Å²) < 4.78 is 21.8. The number of furan rings is 1. The van der Waals surface area contributed by atoms with Gasteiger partial charge in [-0.05, 0) is 44.2 Å². The first-order valence-corrected chi connectivity index (χ1v) is 11.4. The van der Waals surface area contributed by atoms with Crippen LogP contribution in [0.2, 0.25) is 0 Å². The van der Waals surface area contributed by atoms with Crippen molar-refractivity contribution in [2.24, 2.45) is 10.8 Å². The maximum absolute atomic E-state index is 13.6. The quantitative estimate of drug-likeness (QED) is 0.391. The number of rotatable bonds is 6. The monoisotopic (exact) mass is 480 g/mol. The fourth-order valence-corrected chi connectivity index (χ4v) is 6.51. The molecule has 1 aliphatic heterocycles. The summed E-state index contributed by atoms with van der Waals surface area (Å²) in [7, 11) is 0. The number of hydrogen-bond acceptors (Lipinski definition) is 10. The Kier molecular flexibility index (Phi) is 5.75. The Labute approximate surface area is 197 Å². The normalized spacial score (nSPS) is 43.3. The number of hydrogen-bond donors (Lipinski definition) is 3. The second kappa shape index (κ2) is 7.87. The van der Waals surface area contributed by atoms with E-state index in [1.54, 1.807) is 13.0 Å². The number of aliphatic hydroxyl groups excluding tert-OH is 1. The number of ketones is 1. The minimum absolute atomic E-state index is 0.0290. The highest BCUT2D eigenvalue weighted by Gasteiger charge is 2.87. The lowest BCUT2D eigenvalue weighted by Crippen LogP contribution is -2.85. The van der Waals surface area contributed by atoms with Gasteiger partial charge >= 0.3 is 11.9 Å². The van der Waals surface area contributed by atoms with Gasteiger partial charge in [-0.2, -0.15) is 0 Å². The van der Waals surface area contributed by atoms with Gasteiger partial charge in [0.25, 0.3) is 0 Å². The average Bonchev–Trinajstić information content (AvgIpc) is 3.38. The number of esters is 2. The number of fused-ring (bicyclic) bond motifs is 2. The van der Waals surface area contributed by atoms with Crippen LogP contribution in [0.25, 0.3) is 0 Å². The summed E-state index contributed by atoms with van der Waals surface area (Å²) in [5.41, 5.74) is -8.12. The molecule has 2 saturated carbocycles. The molecule has 188 valence electrons. The second-order valence-electron chi connectivity index (χ2n) is 10.2. The van der Waals surface area contributed by atoms with E-state index in [2.05, 4.69) is 0 Å². The van der Waals surface area contributed by atoms with Crippen molar-refractivity contribution in [3.63, 3.8) is 0 Å². The Morgan fingerprint density at radius 3 is 2.41 bits per heavy atom. The lowest BCUT2D eigenvalue weighted by molar-refractivity contribution is -0.327. The molecular formula is C24H32O10. The highest BCUT2D eigenvalue weighted by atomic mass is 16.6. The van der Waals surface area contributed by atoms with Gasteiger partial charge in [-0.1, -0.05) is 6.92 Å². The molecule has 0 bridgehead atoms. The maximum atomic E-state index is 13.6. The molecule has 1 aromatic heterocycles. The van der Waals surface area contributed by atoms with E-state index in [9.17, 15) is 29.7 Å². The summed E-state index contributed by atoms with van der Waals surface area (Å²) in [6.45, 7) is 4.72. The van der Waals surface area contributed by atoms with Gasteiger partial charge in [0.1, 0.15) is 35.4 Å². The van der Waals surface area contributed by atoms with Crippen molar-refractivity contribution in [3.8, 4) is 0 Å². The average molecular weight is 481 g/mol. The Morgan fingerprint density at radius 2 is 1.88 bits per heavy atom. The van der Waals surface area contributed by atoms with E-state index in [0.717, 1.165) is 5.56 Å². The van der Waals surface area contributed by atoms with Gasteiger partial charge in [0, 0.05) is 19.3 Å². The molecule has 10 heteroatoms. The molecule has 1 aromatic rings. The molecule has 3 N–H and O–H groups in total. The van der Waals surface area contributed by atoms with Crippen molar-refractivity contribution in [2.45, 2.75) is 82.4 Å². The standard InChI is InChI=1S/C24H32O10/c1-14(25)32-12-22-19(28)18(27)21(4,29)20(3,8-5-16-7-10-31-11-16)24(22,30)9-6-17(34-15(2)26)23(22)13-33-23/h7,10-11,17,19,28-30H,5-6,8-9,12-13H2,1-4H3/t17-,19-,20-,21-,22-,23+,24-/m0/s1. The number of aliphatic hydroxyl groups is 3. The van der Waals surface area contributed by atoms with Crippen molar-refractivity contribution in [2.75, 3.05) is 13.2 Å². The van der Waals surface area contributed by atoms with Crippen molar-refractivity contribution in [1.82, 2.24) is 0 Å². The molecule has 4 rings (SSSR count). The molecule has 0 amide bonds. The fraction of sp³-hybridized carbons (Fsp3) is 0.708. The summed E-state index contributed by atoms with van der Waals surface area (Å²) in [6.07, 6.45) is 0.832. The SMILES string of the molecule is CC(=O)OC[C@@]12[C@@H](O)C(=O)[C@](C)(O)[C@](C)(CCc3ccoc3)[C@@]1(O)CC[C@H](OC(C)=O)[C@]21CO1. The molecule has 0 aromatic carbocycles. The lowest BCUT2D eigenvalue weighted by Gasteiger charge is -2.68. The van der Waals surface area contributed by atoms with Crippen LogP contribution in [0.15, 0.2) is 23.0 Å². The highest BCUT2D eigenvalue weighted by molar-refractivity contribution is 5.94. The van der Waals surface area contributed by atoms with E-state index in [1.165, 1.54) is 33.3 Å². The summed E-state index contributed by atoms with van der Waals surface area (Å²) >= 11 is 0. The van der Waals surface area contributed by atoms with Gasteiger partial charge in [0.05, 0.1) is 24.7 Å². The molecule has 0 unspecified atom stereocenters. The molecule has 34 heavy (non-hydrogen) atoms. The Balaban J connectivity index is 1.89. The zero-order valence-corrected chi connectivity index (χ0v) is 19.8. The van der Waals surface area contributed by atoms with E-state index in [1.807, 2.05) is 0 Å². The van der Waals surface area contributed by atoms with Gasteiger partial charge in [0.15, 0.2) is 5.78 Å². The van der Waals surface area contributed by atoms with Crippen molar-refractivity contribution in [1.29, 1.82) is 0 Å². The first kappa shape index (κ1) is 24.8. The summed E-state index contributed by atoms with van der Waals surface area (Å²) in [4.78, 5) is 37.3. The maximum Gasteiger partial charge on any atom is 0.303 e. The molecule has 0 radical (unpaired) electrons. The third-order valence-electron chi connectivity index (χ3n) is 8.72. The third-order valence-corrected chi connectivity index (χ3v) is 8.72. The number of ether oxygens (including phenoxy) is 3. The van der Waals surface area contributed by atoms with Crippen LogP contribution >= 0.6 is 0 Å². The predicted molar refractivity (Wildman–Crippen MR) is 114 cm³/mol. The fourth-order valence-electron chi connectivity index (χ4n) is 6.51. The van der Waals surface area contributed by atoms with Crippen LogP contribution in [0.1, 0.15) is 52.5 Å². The third kappa shape index (κ3) is 3.05. The van der Waals surface area contributed by atoms with E-state index in [0.29, 0.717) is 6.42 Å². The van der Waals surface area contributed by atoms with Gasteiger partial charge < -0.3 is 33.9 Å². The predicted octanol–water partition coefficient (Wildman–Crippen LogP) is 0.688. The molecule has 3 fully saturated rings. The first-order valence-electron chi connectivity index (χ1n) is 11.4. The number of epoxide rings is 1. The molecule has 2 heterocycles. The lowest BCUT2D eigenvalue weighted by atomic mass is 9.38. The number of carbonyl (C=O) groups excluding carboxylic acids is 3. The van der Waals surface area contributed by atoms with Crippen molar-refractivity contribution >= 4 is 17.7 Å². The zero-order valence-electron chi connectivity index (χ0n) is 19.8. The highest BCUT2D eigenvalue weighted by Crippen LogP contribution is 2.70. The first-order chi connectivity index (χ1) is 15.8. The van der Waals surface area contributed by atoms with Crippen LogP contribution in [0.4, 0.5) is 0 Å². The topological polar surface area (TPSA) is 156 Å². The van der Waals surface area contributed by atoms with E-state index in [4.69, 9.17) is 18.6 Å². The van der Waals surface area contributed by atoms with E-state index < -0.39 is 64.2 Å². The molecule has 2 aliphatic carbocycles. The van der Waals surface area contributed by atoms with Gasteiger partial charge in [-0.3, -0.25) is 14.4 Å². The van der Waals surface area contributed by atoms with Crippen molar-refractivity contribution in [3.05, 3.63) is 24.2 Å². The van der Waals surface area contributed by atoms with E-state index >= 15 is 0 Å². The number of carbonyl (C=O) groups is 3. The van der Waals surface area contributed by atoms with Crippen LogP contribution < -0.4 is 0 Å². The Morgan fingerprint density at radius 1 is 1.21 bits per heavy atom. The molecule has 7 atom stereocenters. The van der Waals surface area contributed by atoms with Crippen LogP contribution in [0.3, 0.4) is 0 Å². The smallest absolute Gasteiger partial charge is 0.303 e. The van der Waals surface area contributed by atoms with Gasteiger partial charge in [-0.15, -0.1) is 0 Å². The Bertz CT molecular complexity index is 980. The molecule has 1 spiro atoms. The zero-order chi connectivity index (χ0) is 25.2. The largest absolute Gasteiger partial charge is 0.472 e. The van der Waals surface area contributed by atoms with E-state index in [-0.39, 0.29) is 25.9 Å². The summed E-state index contributed by atoms with van der Waals surface area (Å²) in [5, 5.41) is 35.5. The number of aryl methyl sites for hydroxylation is 1. The van der Waals surface area contributed by atoms with Crippen LogP contribution in [0, 0.1) is 10.8 Å². The van der Waals surface area contributed by atoms with Crippen molar-refractivity contribution < 1.29 is 48.3 Å². The van der Waals surface area contributed by atoms with Crippen LogP contribution in [0.5, 0.6) is 0 Å². The summed E-state index contributed by atoms with van der Waals surface area (Å²) in [5.74, 6) is -2.18. The summed E-state index contributed by atoms with van der Waals surface area (Å²) in [6, 6.07) is 1.75.